The van der Waals surface area contributed by atoms with Crippen LogP contribution in [0.1, 0.15) is 18.4 Å². The molecule has 0 saturated heterocycles. The molecule has 0 radical (unpaired) electrons. The van der Waals surface area contributed by atoms with Crippen LogP contribution >= 0.6 is 11.6 Å². The van der Waals surface area contributed by atoms with Gasteiger partial charge in [-0.15, -0.1) is 11.6 Å². The van der Waals surface area contributed by atoms with Gasteiger partial charge in [0.25, 0.3) is 0 Å². The molecule has 3 heteroatoms. The molecule has 1 aromatic rings. The fourth-order valence-corrected chi connectivity index (χ4v) is 2.26. The Morgan fingerprint density at radius 2 is 2.31 bits per heavy atom. The number of ether oxygens (including phenoxy) is 1. The van der Waals surface area contributed by atoms with Crippen molar-refractivity contribution in [3.05, 3.63) is 41.2 Å². The highest BCUT2D eigenvalue weighted by Gasteiger charge is 2.13. The summed E-state index contributed by atoms with van der Waals surface area (Å²) in [5.74, 6) is -0.0135. The first kappa shape index (κ1) is 11.5. The minimum Gasteiger partial charge on any atom is -0.494 e. The highest BCUT2D eigenvalue weighted by atomic mass is 35.5. The lowest BCUT2D eigenvalue weighted by atomic mass is 10.0. The van der Waals surface area contributed by atoms with E-state index in [0.717, 1.165) is 24.8 Å². The van der Waals surface area contributed by atoms with Crippen LogP contribution in [-0.2, 0) is 6.42 Å². The number of hydrogen-bond donors (Lipinski definition) is 0. The molecule has 0 aliphatic heterocycles. The van der Waals surface area contributed by atoms with Gasteiger partial charge in [-0.25, -0.2) is 4.39 Å². The first-order valence-corrected chi connectivity index (χ1v) is 5.78. The number of benzene rings is 1. The lowest BCUT2D eigenvalue weighted by Gasteiger charge is -2.05. The van der Waals surface area contributed by atoms with E-state index in [1.807, 2.05) is 6.07 Å². The van der Waals surface area contributed by atoms with E-state index in [1.54, 1.807) is 6.07 Å². The van der Waals surface area contributed by atoms with E-state index in [2.05, 4.69) is 6.08 Å². The molecule has 0 heterocycles. The zero-order chi connectivity index (χ0) is 11.5. The van der Waals surface area contributed by atoms with Gasteiger partial charge >= 0.3 is 0 Å². The average Bonchev–Trinajstić information content (AvgIpc) is 2.64. The lowest BCUT2D eigenvalue weighted by Crippen LogP contribution is -1.92. The number of rotatable bonds is 3. The van der Waals surface area contributed by atoms with Crippen molar-refractivity contribution in [2.45, 2.75) is 24.6 Å². The summed E-state index contributed by atoms with van der Waals surface area (Å²) >= 11 is 5.98. The number of hydrogen-bond acceptors (Lipinski definition) is 1. The molecule has 0 amide bonds. The van der Waals surface area contributed by atoms with Crippen LogP contribution in [0.2, 0.25) is 0 Å². The second-order valence-electron chi connectivity index (χ2n) is 4.03. The van der Waals surface area contributed by atoms with Crippen LogP contribution in [0, 0.1) is 5.82 Å². The maximum atomic E-state index is 13.4. The molecule has 0 N–H and O–H groups in total. The van der Waals surface area contributed by atoms with Crippen molar-refractivity contribution in [2.24, 2.45) is 0 Å². The van der Waals surface area contributed by atoms with Crippen molar-refractivity contribution in [3.63, 3.8) is 0 Å². The molecule has 1 nitrogen and oxygen atoms in total. The van der Waals surface area contributed by atoms with Crippen molar-refractivity contribution in [1.82, 2.24) is 0 Å². The predicted octanol–water partition coefficient (Wildman–Crippen LogP) is 3.70. The van der Waals surface area contributed by atoms with Gasteiger partial charge in [0.05, 0.1) is 12.5 Å². The smallest absolute Gasteiger partial charge is 0.165 e. The van der Waals surface area contributed by atoms with Gasteiger partial charge in [0.2, 0.25) is 0 Å². The van der Waals surface area contributed by atoms with Gasteiger partial charge in [0.1, 0.15) is 0 Å². The summed E-state index contributed by atoms with van der Waals surface area (Å²) in [7, 11) is 1.47. The zero-order valence-corrected chi connectivity index (χ0v) is 9.93. The normalized spacial score (nSPS) is 19.7. The van der Waals surface area contributed by atoms with Crippen LogP contribution < -0.4 is 4.74 Å². The molecule has 1 unspecified atom stereocenters. The predicted molar refractivity (Wildman–Crippen MR) is 63.6 cm³/mol. The van der Waals surface area contributed by atoms with Gasteiger partial charge in [-0.1, -0.05) is 17.7 Å². The second kappa shape index (κ2) is 4.88. The SMILES string of the molecule is COc1ccc(CC2=CC(Cl)CC2)cc1F. The van der Waals surface area contributed by atoms with Crippen LogP contribution in [0.4, 0.5) is 4.39 Å². The third-order valence-corrected chi connectivity index (χ3v) is 3.15. The summed E-state index contributed by atoms with van der Waals surface area (Å²) in [6.07, 6.45) is 4.87. The summed E-state index contributed by atoms with van der Waals surface area (Å²) in [6, 6.07) is 5.09. The van der Waals surface area contributed by atoms with E-state index < -0.39 is 0 Å². The molecule has 16 heavy (non-hydrogen) atoms. The van der Waals surface area contributed by atoms with Crippen molar-refractivity contribution in [1.29, 1.82) is 0 Å². The summed E-state index contributed by atoms with van der Waals surface area (Å²) in [5.41, 5.74) is 2.26. The Morgan fingerprint density at radius 3 is 2.88 bits per heavy atom. The number of methoxy groups -OCH3 is 1. The quantitative estimate of drug-likeness (QED) is 0.578. The zero-order valence-electron chi connectivity index (χ0n) is 9.17. The van der Waals surface area contributed by atoms with Crippen molar-refractivity contribution >= 4 is 11.6 Å². The molecule has 86 valence electrons. The molecular weight excluding hydrogens is 227 g/mol. The third-order valence-electron chi connectivity index (χ3n) is 2.81. The largest absolute Gasteiger partial charge is 0.494 e. The molecule has 1 aliphatic carbocycles. The average molecular weight is 241 g/mol. The lowest BCUT2D eigenvalue weighted by molar-refractivity contribution is 0.386. The maximum Gasteiger partial charge on any atom is 0.165 e. The van der Waals surface area contributed by atoms with Crippen LogP contribution in [-0.4, -0.2) is 12.5 Å². The monoisotopic (exact) mass is 240 g/mol. The first-order valence-electron chi connectivity index (χ1n) is 5.35. The van der Waals surface area contributed by atoms with Crippen molar-refractivity contribution < 1.29 is 9.13 Å². The molecule has 1 aliphatic rings. The van der Waals surface area contributed by atoms with Gasteiger partial charge in [0, 0.05) is 0 Å². The Kier molecular flexibility index (Phi) is 3.49. The molecular formula is C13H14ClFO. The Morgan fingerprint density at radius 1 is 1.50 bits per heavy atom. The number of alkyl halides is 1. The minimum absolute atomic E-state index is 0.151. The van der Waals surface area contributed by atoms with E-state index in [4.69, 9.17) is 16.3 Å². The highest BCUT2D eigenvalue weighted by Crippen LogP contribution is 2.27. The topological polar surface area (TPSA) is 9.23 Å². The molecule has 0 aromatic heterocycles. The Bertz CT molecular complexity index is 414. The fourth-order valence-electron chi connectivity index (χ4n) is 1.98. The van der Waals surface area contributed by atoms with Crippen molar-refractivity contribution in [3.8, 4) is 5.75 Å². The van der Waals surface area contributed by atoms with Crippen LogP contribution in [0.3, 0.4) is 0 Å². The standard InChI is InChI=1S/C13H14ClFO/c1-16-13-5-3-10(8-12(13)15)6-9-2-4-11(14)7-9/h3,5,7-8,11H,2,4,6H2,1H3. The van der Waals surface area contributed by atoms with E-state index in [9.17, 15) is 4.39 Å². The van der Waals surface area contributed by atoms with Crippen LogP contribution in [0.15, 0.2) is 29.8 Å². The minimum atomic E-state index is -0.305. The molecule has 1 aromatic carbocycles. The van der Waals surface area contributed by atoms with E-state index in [1.165, 1.54) is 18.7 Å². The van der Waals surface area contributed by atoms with Gasteiger partial charge < -0.3 is 4.74 Å². The summed E-state index contributed by atoms with van der Waals surface area (Å²) < 4.78 is 18.3. The number of allylic oxidation sites excluding steroid dienone is 2. The van der Waals surface area contributed by atoms with Gasteiger partial charge in [0.15, 0.2) is 11.6 Å². The van der Waals surface area contributed by atoms with Crippen LogP contribution in [0.25, 0.3) is 0 Å². The van der Waals surface area contributed by atoms with Crippen LogP contribution in [0.5, 0.6) is 5.75 Å². The Hall–Kier alpha value is -1.02. The van der Waals surface area contributed by atoms with Gasteiger partial charge in [-0.05, 0) is 37.0 Å². The van der Waals surface area contributed by atoms with Gasteiger partial charge in [-0.3, -0.25) is 0 Å². The molecule has 0 saturated carbocycles. The molecule has 2 rings (SSSR count). The molecule has 0 spiro atoms. The Balaban J connectivity index is 2.11. The Labute approximate surface area is 99.9 Å². The van der Waals surface area contributed by atoms with Crippen molar-refractivity contribution in [2.75, 3.05) is 7.11 Å². The highest BCUT2D eigenvalue weighted by molar-refractivity contribution is 6.22. The maximum absolute atomic E-state index is 13.4. The molecule has 0 bridgehead atoms. The van der Waals surface area contributed by atoms with E-state index in [-0.39, 0.29) is 11.2 Å². The summed E-state index contributed by atoms with van der Waals surface area (Å²) in [4.78, 5) is 0. The number of halogens is 2. The summed E-state index contributed by atoms with van der Waals surface area (Å²) in [5, 5.41) is 0.151. The fraction of sp³-hybridized carbons (Fsp3) is 0.385. The third kappa shape index (κ3) is 2.56. The second-order valence-corrected chi connectivity index (χ2v) is 4.59. The van der Waals surface area contributed by atoms with Gasteiger partial charge in [-0.2, -0.15) is 0 Å². The van der Waals surface area contributed by atoms with E-state index in [0.29, 0.717) is 5.75 Å². The molecule has 1 atom stereocenters. The molecule has 0 fully saturated rings. The first-order chi connectivity index (χ1) is 7.69. The summed E-state index contributed by atoms with van der Waals surface area (Å²) in [6.45, 7) is 0. The van der Waals surface area contributed by atoms with E-state index >= 15 is 0 Å².